The number of rotatable bonds is 12. The molecule has 0 aliphatic heterocycles. The number of carbonyl (C=O) groups excluding carboxylic acids is 2. The summed E-state index contributed by atoms with van der Waals surface area (Å²) in [6.45, 7) is 4.25. The van der Waals surface area contributed by atoms with Crippen LogP contribution in [0.5, 0.6) is 0 Å². The van der Waals surface area contributed by atoms with Crippen molar-refractivity contribution in [1.29, 1.82) is 0 Å². The maximum Gasteiger partial charge on any atom is 0.242 e. The van der Waals surface area contributed by atoms with Gasteiger partial charge in [-0.2, -0.15) is 0 Å². The molecule has 2 aromatic carbocycles. The van der Waals surface area contributed by atoms with Gasteiger partial charge in [-0.25, -0.2) is 12.8 Å². The SMILES string of the molecule is CCNC(=O)C(CC)N(Cc1ccc(F)cc1)C(=O)CCCN(c1cccc(Cl)c1)S(C)(=O)=O. The van der Waals surface area contributed by atoms with Crippen molar-refractivity contribution in [3.8, 4) is 0 Å². The Bertz CT molecular complexity index is 1080. The van der Waals surface area contributed by atoms with Crippen LogP contribution < -0.4 is 9.62 Å². The van der Waals surface area contributed by atoms with E-state index in [4.69, 9.17) is 11.6 Å². The van der Waals surface area contributed by atoms with E-state index in [1.165, 1.54) is 21.3 Å². The Balaban J connectivity index is 2.19. The molecule has 0 bridgehead atoms. The molecule has 186 valence electrons. The lowest BCUT2D eigenvalue weighted by Gasteiger charge is -2.31. The number of carbonyl (C=O) groups is 2. The van der Waals surface area contributed by atoms with Crippen molar-refractivity contribution in [3.05, 3.63) is 64.9 Å². The van der Waals surface area contributed by atoms with Crippen LogP contribution in [0.15, 0.2) is 48.5 Å². The first-order valence-corrected chi connectivity index (χ1v) is 13.3. The van der Waals surface area contributed by atoms with Crippen LogP contribution in [0, 0.1) is 5.82 Å². The molecule has 10 heteroatoms. The number of nitrogens with one attached hydrogen (secondary N) is 1. The second-order valence-corrected chi connectivity index (χ2v) is 10.2. The Kier molecular flexibility index (Phi) is 10.3. The second-order valence-electron chi connectivity index (χ2n) is 7.89. The lowest BCUT2D eigenvalue weighted by Crippen LogP contribution is -2.49. The molecule has 0 spiro atoms. The van der Waals surface area contributed by atoms with Crippen molar-refractivity contribution >= 4 is 39.1 Å². The minimum Gasteiger partial charge on any atom is -0.355 e. The molecule has 0 heterocycles. The largest absolute Gasteiger partial charge is 0.355 e. The molecular weight excluding hydrogens is 481 g/mol. The molecule has 0 aliphatic carbocycles. The van der Waals surface area contributed by atoms with E-state index < -0.39 is 16.1 Å². The number of hydrogen-bond acceptors (Lipinski definition) is 4. The van der Waals surface area contributed by atoms with Gasteiger partial charge >= 0.3 is 0 Å². The van der Waals surface area contributed by atoms with E-state index in [1.807, 2.05) is 6.92 Å². The first-order valence-electron chi connectivity index (χ1n) is 11.1. The molecule has 34 heavy (non-hydrogen) atoms. The van der Waals surface area contributed by atoms with Crippen LogP contribution in [-0.2, 0) is 26.2 Å². The predicted octanol–water partition coefficient (Wildman–Crippen LogP) is 3.97. The maximum atomic E-state index is 13.3. The molecule has 2 amide bonds. The van der Waals surface area contributed by atoms with Crippen LogP contribution in [-0.4, -0.2) is 50.5 Å². The van der Waals surface area contributed by atoms with Crippen LogP contribution >= 0.6 is 11.6 Å². The summed E-state index contributed by atoms with van der Waals surface area (Å²) in [6, 6.07) is 11.6. The van der Waals surface area contributed by atoms with Gasteiger partial charge in [-0.15, -0.1) is 0 Å². The van der Waals surface area contributed by atoms with E-state index in [0.29, 0.717) is 29.2 Å². The first kappa shape index (κ1) is 27.6. The molecule has 0 radical (unpaired) electrons. The van der Waals surface area contributed by atoms with Gasteiger partial charge in [0.25, 0.3) is 0 Å². The molecule has 1 unspecified atom stereocenters. The van der Waals surface area contributed by atoms with Gasteiger partial charge in [0.15, 0.2) is 0 Å². The number of halogens is 2. The molecule has 0 saturated carbocycles. The van der Waals surface area contributed by atoms with E-state index in [9.17, 15) is 22.4 Å². The van der Waals surface area contributed by atoms with E-state index in [0.717, 1.165) is 6.26 Å². The number of benzene rings is 2. The van der Waals surface area contributed by atoms with Gasteiger partial charge in [0.2, 0.25) is 21.8 Å². The summed E-state index contributed by atoms with van der Waals surface area (Å²) in [5.74, 6) is -0.946. The average molecular weight is 512 g/mol. The fraction of sp³-hybridized carbons (Fsp3) is 0.417. The van der Waals surface area contributed by atoms with Gasteiger partial charge in [-0.1, -0.05) is 36.7 Å². The topological polar surface area (TPSA) is 86.8 Å². The molecule has 7 nitrogen and oxygen atoms in total. The molecular formula is C24H31ClFN3O4S. The van der Waals surface area contributed by atoms with Crippen LogP contribution in [0.25, 0.3) is 0 Å². The lowest BCUT2D eigenvalue weighted by molar-refractivity contribution is -0.141. The minimum atomic E-state index is -3.60. The van der Waals surface area contributed by atoms with E-state index >= 15 is 0 Å². The third-order valence-corrected chi connectivity index (χ3v) is 6.68. The fourth-order valence-electron chi connectivity index (χ4n) is 3.63. The molecule has 0 aromatic heterocycles. The highest BCUT2D eigenvalue weighted by Crippen LogP contribution is 2.23. The summed E-state index contributed by atoms with van der Waals surface area (Å²) >= 11 is 6.01. The average Bonchev–Trinajstić information content (AvgIpc) is 2.77. The van der Waals surface area contributed by atoms with Crippen molar-refractivity contribution in [2.24, 2.45) is 0 Å². The highest BCUT2D eigenvalue weighted by Gasteiger charge is 2.28. The quantitative estimate of drug-likeness (QED) is 0.467. The zero-order chi connectivity index (χ0) is 25.3. The van der Waals surface area contributed by atoms with E-state index in [-0.39, 0.29) is 43.6 Å². The van der Waals surface area contributed by atoms with Crippen LogP contribution in [0.2, 0.25) is 5.02 Å². The fourth-order valence-corrected chi connectivity index (χ4v) is 4.77. The van der Waals surface area contributed by atoms with Crippen molar-refractivity contribution in [3.63, 3.8) is 0 Å². The number of likely N-dealkylation sites (N-methyl/N-ethyl adjacent to an activating group) is 1. The van der Waals surface area contributed by atoms with Crippen molar-refractivity contribution in [1.82, 2.24) is 10.2 Å². The minimum absolute atomic E-state index is 0.0314. The van der Waals surface area contributed by atoms with Gasteiger partial charge in [-0.3, -0.25) is 13.9 Å². The summed E-state index contributed by atoms with van der Waals surface area (Å²) < 4.78 is 39.2. The van der Waals surface area contributed by atoms with Crippen molar-refractivity contribution in [2.75, 3.05) is 23.7 Å². The Morgan fingerprint density at radius 2 is 1.79 bits per heavy atom. The Labute approximate surface area is 205 Å². The molecule has 0 saturated heterocycles. The van der Waals surface area contributed by atoms with Gasteiger partial charge in [0.1, 0.15) is 11.9 Å². The Morgan fingerprint density at radius 3 is 2.35 bits per heavy atom. The highest BCUT2D eigenvalue weighted by atomic mass is 35.5. The third kappa shape index (κ3) is 7.99. The summed E-state index contributed by atoms with van der Waals surface area (Å²) in [6.07, 6.45) is 1.77. The zero-order valence-corrected chi connectivity index (χ0v) is 21.2. The molecule has 1 N–H and O–H groups in total. The Hall–Kier alpha value is -2.65. The van der Waals surface area contributed by atoms with Gasteiger partial charge in [0, 0.05) is 31.1 Å². The standard InChI is InChI=1S/C24H31ClFN3O4S/c1-4-22(24(31)27-5-2)28(17-18-11-13-20(26)14-12-18)23(30)10-7-15-29(34(3,32)33)21-9-6-8-19(25)16-21/h6,8-9,11-14,16,22H,4-5,7,10,15,17H2,1-3H3,(H,27,31). The Morgan fingerprint density at radius 1 is 1.12 bits per heavy atom. The lowest BCUT2D eigenvalue weighted by atomic mass is 10.1. The number of nitrogens with zero attached hydrogens (tertiary/aromatic N) is 2. The molecule has 2 rings (SSSR count). The highest BCUT2D eigenvalue weighted by molar-refractivity contribution is 7.92. The van der Waals surface area contributed by atoms with Gasteiger partial charge in [-0.05, 0) is 55.7 Å². The van der Waals surface area contributed by atoms with Crippen molar-refractivity contribution < 1.29 is 22.4 Å². The number of amides is 2. The van der Waals surface area contributed by atoms with Crippen LogP contribution in [0.1, 0.15) is 38.7 Å². The number of hydrogen-bond donors (Lipinski definition) is 1. The van der Waals surface area contributed by atoms with Crippen LogP contribution in [0.4, 0.5) is 10.1 Å². The summed E-state index contributed by atoms with van der Waals surface area (Å²) in [5.41, 5.74) is 1.11. The summed E-state index contributed by atoms with van der Waals surface area (Å²) in [4.78, 5) is 27.3. The number of sulfonamides is 1. The van der Waals surface area contributed by atoms with Gasteiger partial charge in [0.05, 0.1) is 11.9 Å². The maximum absolute atomic E-state index is 13.3. The molecule has 2 aromatic rings. The van der Waals surface area contributed by atoms with Crippen LogP contribution in [0.3, 0.4) is 0 Å². The predicted molar refractivity (Wildman–Crippen MR) is 133 cm³/mol. The zero-order valence-electron chi connectivity index (χ0n) is 19.6. The molecule has 1 atom stereocenters. The number of anilines is 1. The second kappa shape index (κ2) is 12.7. The molecule has 0 fully saturated rings. The third-order valence-electron chi connectivity index (χ3n) is 5.25. The molecule has 0 aliphatic rings. The monoisotopic (exact) mass is 511 g/mol. The van der Waals surface area contributed by atoms with Crippen molar-refractivity contribution in [2.45, 2.75) is 45.7 Å². The normalized spacial score (nSPS) is 12.1. The first-order chi connectivity index (χ1) is 16.1. The van der Waals surface area contributed by atoms with E-state index in [2.05, 4.69) is 5.32 Å². The smallest absolute Gasteiger partial charge is 0.242 e. The summed E-state index contributed by atoms with van der Waals surface area (Å²) in [7, 11) is -3.60. The van der Waals surface area contributed by atoms with Gasteiger partial charge < -0.3 is 10.2 Å². The summed E-state index contributed by atoms with van der Waals surface area (Å²) in [5, 5.41) is 3.16. The van der Waals surface area contributed by atoms with E-state index in [1.54, 1.807) is 43.3 Å².